The van der Waals surface area contributed by atoms with E-state index < -0.39 is 29.1 Å². The standard InChI is InChI=1S/C27H31N3O5/c1-16-8-7-9-17(2)21(16)29-24(33)22-27-13-12-26(3,35-27)19(20(27)25(34)30(22)14-15-31)23(32)28-18-10-5-4-6-11-18/h4-11,19-20,22,31H,12-15H2,1-3H3,(H,28,32)(H,29,33)/t19-,20-,22?,26+,27?/m0/s1. The Labute approximate surface area is 204 Å². The summed E-state index contributed by atoms with van der Waals surface area (Å²) >= 11 is 0. The molecule has 2 bridgehead atoms. The fraction of sp³-hybridized carbons (Fsp3) is 0.444. The Bertz CT molecular complexity index is 1160. The first-order chi connectivity index (χ1) is 16.7. The maximum absolute atomic E-state index is 13.8. The number of hydrogen-bond donors (Lipinski definition) is 3. The van der Waals surface area contributed by atoms with Gasteiger partial charge in [0.15, 0.2) is 0 Å². The molecule has 3 amide bonds. The van der Waals surface area contributed by atoms with Crippen LogP contribution in [0.3, 0.4) is 0 Å². The number of anilines is 2. The monoisotopic (exact) mass is 477 g/mol. The first kappa shape index (κ1) is 23.5. The average molecular weight is 478 g/mol. The summed E-state index contributed by atoms with van der Waals surface area (Å²) in [6, 6.07) is 13.9. The summed E-state index contributed by atoms with van der Waals surface area (Å²) < 4.78 is 6.56. The van der Waals surface area contributed by atoms with Crippen LogP contribution in [-0.4, -0.2) is 58.1 Å². The molecular weight excluding hydrogens is 446 g/mol. The van der Waals surface area contributed by atoms with Crippen LogP contribution in [0.25, 0.3) is 0 Å². The van der Waals surface area contributed by atoms with Gasteiger partial charge in [0.05, 0.1) is 24.0 Å². The topological polar surface area (TPSA) is 108 Å². The van der Waals surface area contributed by atoms with Crippen molar-refractivity contribution in [3.05, 3.63) is 59.7 Å². The van der Waals surface area contributed by atoms with Crippen LogP contribution in [-0.2, 0) is 19.1 Å². The number of nitrogens with zero attached hydrogens (tertiary/aromatic N) is 1. The van der Waals surface area contributed by atoms with Crippen LogP contribution in [0.2, 0.25) is 0 Å². The van der Waals surface area contributed by atoms with Gasteiger partial charge in [-0.3, -0.25) is 14.4 Å². The molecule has 3 saturated heterocycles. The molecule has 8 nitrogen and oxygen atoms in total. The Kier molecular flexibility index (Phi) is 5.68. The zero-order valence-corrected chi connectivity index (χ0v) is 20.2. The van der Waals surface area contributed by atoms with E-state index in [4.69, 9.17) is 4.74 Å². The number of β-amino-alcohol motifs (C(OH)–C–C–N with tert-alkyl or cyclic N) is 1. The van der Waals surface area contributed by atoms with Crippen molar-refractivity contribution in [1.82, 2.24) is 4.90 Å². The molecule has 3 fully saturated rings. The molecule has 3 N–H and O–H groups in total. The maximum Gasteiger partial charge on any atom is 0.250 e. The molecule has 1 spiro atoms. The highest BCUT2D eigenvalue weighted by atomic mass is 16.5. The number of aliphatic hydroxyl groups excluding tert-OH is 1. The number of likely N-dealkylation sites (tertiary alicyclic amines) is 1. The fourth-order valence-electron chi connectivity index (χ4n) is 6.42. The Morgan fingerprint density at radius 2 is 1.71 bits per heavy atom. The Hall–Kier alpha value is -3.23. The van der Waals surface area contributed by atoms with Crippen LogP contribution >= 0.6 is 0 Å². The number of nitrogens with one attached hydrogen (secondary N) is 2. The van der Waals surface area contributed by atoms with Gasteiger partial charge in [-0.15, -0.1) is 0 Å². The van der Waals surface area contributed by atoms with Crippen LogP contribution in [0, 0.1) is 25.7 Å². The number of carbonyl (C=O) groups is 3. The van der Waals surface area contributed by atoms with E-state index in [0.29, 0.717) is 24.2 Å². The lowest BCUT2D eigenvalue weighted by atomic mass is 9.66. The van der Waals surface area contributed by atoms with Gasteiger partial charge in [-0.05, 0) is 56.9 Å². The summed E-state index contributed by atoms with van der Waals surface area (Å²) in [5, 5.41) is 15.7. The molecule has 0 radical (unpaired) electrons. The predicted molar refractivity (Wildman–Crippen MR) is 131 cm³/mol. The summed E-state index contributed by atoms with van der Waals surface area (Å²) in [4.78, 5) is 42.4. The number of benzene rings is 2. The highest BCUT2D eigenvalue weighted by Crippen LogP contribution is 2.63. The molecule has 5 rings (SSSR count). The van der Waals surface area contributed by atoms with Crippen molar-refractivity contribution >= 4 is 29.1 Å². The fourth-order valence-corrected chi connectivity index (χ4v) is 6.42. The molecule has 35 heavy (non-hydrogen) atoms. The minimum atomic E-state index is -1.12. The van der Waals surface area contributed by atoms with Crippen LogP contribution in [0.15, 0.2) is 48.5 Å². The second-order valence-electron chi connectivity index (χ2n) is 10.1. The summed E-state index contributed by atoms with van der Waals surface area (Å²) in [5.74, 6) is -2.52. The molecule has 8 heteroatoms. The first-order valence-corrected chi connectivity index (χ1v) is 12.1. The van der Waals surface area contributed by atoms with E-state index in [1.54, 1.807) is 12.1 Å². The first-order valence-electron chi connectivity index (χ1n) is 12.1. The maximum atomic E-state index is 13.8. The second-order valence-corrected chi connectivity index (χ2v) is 10.1. The van der Waals surface area contributed by atoms with Crippen molar-refractivity contribution in [2.75, 3.05) is 23.8 Å². The Morgan fingerprint density at radius 1 is 1.03 bits per heavy atom. The predicted octanol–water partition coefficient (Wildman–Crippen LogP) is 2.64. The van der Waals surface area contributed by atoms with Crippen molar-refractivity contribution in [3.63, 3.8) is 0 Å². The zero-order chi connectivity index (χ0) is 25.0. The largest absolute Gasteiger partial charge is 0.395 e. The number of fused-ring (bicyclic) bond motifs is 1. The molecule has 3 heterocycles. The van der Waals surface area contributed by atoms with E-state index in [1.807, 2.05) is 57.2 Å². The van der Waals surface area contributed by atoms with Gasteiger partial charge in [0.2, 0.25) is 17.7 Å². The molecule has 0 aliphatic carbocycles. The molecule has 2 aromatic carbocycles. The van der Waals surface area contributed by atoms with Gasteiger partial charge < -0.3 is 25.4 Å². The van der Waals surface area contributed by atoms with E-state index in [9.17, 15) is 19.5 Å². The van der Waals surface area contributed by atoms with E-state index in [0.717, 1.165) is 11.1 Å². The number of ether oxygens (including phenoxy) is 1. The smallest absolute Gasteiger partial charge is 0.250 e. The lowest BCUT2D eigenvalue weighted by molar-refractivity contribution is -0.143. The zero-order valence-electron chi connectivity index (χ0n) is 20.2. The van der Waals surface area contributed by atoms with E-state index in [2.05, 4.69) is 10.6 Å². The molecule has 5 atom stereocenters. The minimum Gasteiger partial charge on any atom is -0.395 e. The van der Waals surface area contributed by atoms with Gasteiger partial charge in [0.1, 0.15) is 11.6 Å². The molecule has 2 aromatic rings. The van der Waals surface area contributed by atoms with Gasteiger partial charge >= 0.3 is 0 Å². The molecule has 3 aliphatic heterocycles. The molecule has 3 aliphatic rings. The van der Waals surface area contributed by atoms with Crippen LogP contribution in [0.5, 0.6) is 0 Å². The molecule has 184 valence electrons. The van der Waals surface area contributed by atoms with Gasteiger partial charge in [-0.2, -0.15) is 0 Å². The van der Waals surface area contributed by atoms with Crippen molar-refractivity contribution in [1.29, 1.82) is 0 Å². The minimum absolute atomic E-state index is 0.00494. The highest BCUT2D eigenvalue weighted by molar-refractivity contribution is 6.05. The number of rotatable bonds is 6. The van der Waals surface area contributed by atoms with Crippen LogP contribution < -0.4 is 10.6 Å². The van der Waals surface area contributed by atoms with Gasteiger partial charge in [0.25, 0.3) is 0 Å². The summed E-state index contributed by atoms with van der Waals surface area (Å²) in [7, 11) is 0. The number of aliphatic hydroxyl groups is 1. The molecule has 0 aromatic heterocycles. The lowest BCUT2D eigenvalue weighted by Crippen LogP contribution is -2.53. The Balaban J connectivity index is 1.51. The SMILES string of the molecule is Cc1cccc(C)c1NC(=O)C1N(CCO)C(=O)[C@@H]2[C@@H](C(=O)Nc3ccccc3)[C@@]3(C)CCC12O3. The van der Waals surface area contributed by atoms with Gasteiger partial charge in [-0.25, -0.2) is 0 Å². The number of para-hydroxylation sites is 2. The lowest BCUT2D eigenvalue weighted by Gasteiger charge is -2.33. The third kappa shape index (κ3) is 3.54. The van der Waals surface area contributed by atoms with Crippen molar-refractivity contribution in [3.8, 4) is 0 Å². The van der Waals surface area contributed by atoms with Crippen LogP contribution in [0.1, 0.15) is 30.9 Å². The summed E-state index contributed by atoms with van der Waals surface area (Å²) in [6.45, 7) is 5.39. The van der Waals surface area contributed by atoms with Crippen molar-refractivity contribution < 1.29 is 24.2 Å². The van der Waals surface area contributed by atoms with E-state index in [-0.39, 0.29) is 30.9 Å². The van der Waals surface area contributed by atoms with Crippen LogP contribution in [0.4, 0.5) is 11.4 Å². The van der Waals surface area contributed by atoms with Crippen molar-refractivity contribution in [2.45, 2.75) is 50.9 Å². The number of carbonyl (C=O) groups excluding carboxylic acids is 3. The highest BCUT2D eigenvalue weighted by Gasteiger charge is 2.77. The van der Waals surface area contributed by atoms with Gasteiger partial charge in [-0.1, -0.05) is 36.4 Å². The summed E-state index contributed by atoms with van der Waals surface area (Å²) in [5.41, 5.74) is 1.18. The molecule has 0 saturated carbocycles. The summed E-state index contributed by atoms with van der Waals surface area (Å²) in [6.07, 6.45) is 1.05. The quantitative estimate of drug-likeness (QED) is 0.593. The number of amides is 3. The molecular formula is C27H31N3O5. The normalized spacial score (nSPS) is 30.9. The van der Waals surface area contributed by atoms with Gasteiger partial charge in [0, 0.05) is 17.9 Å². The van der Waals surface area contributed by atoms with E-state index >= 15 is 0 Å². The second kappa shape index (κ2) is 8.46. The van der Waals surface area contributed by atoms with Crippen molar-refractivity contribution in [2.24, 2.45) is 11.8 Å². The Morgan fingerprint density at radius 3 is 2.37 bits per heavy atom. The third-order valence-electron chi connectivity index (χ3n) is 7.92. The number of aryl methyl sites for hydroxylation is 2. The molecule has 2 unspecified atom stereocenters. The third-order valence-corrected chi connectivity index (χ3v) is 7.92. The number of hydrogen-bond acceptors (Lipinski definition) is 5. The average Bonchev–Trinajstić information content (AvgIpc) is 3.38. The van der Waals surface area contributed by atoms with E-state index in [1.165, 1.54) is 4.90 Å².